The molecule has 1 fully saturated rings. The Balaban J connectivity index is 1.62. The maximum Gasteiger partial charge on any atom is 0.262 e. The molecular weight excluding hydrogens is 454 g/mol. The predicted molar refractivity (Wildman–Crippen MR) is 130 cm³/mol. The van der Waals surface area contributed by atoms with Crippen LogP contribution in [0.15, 0.2) is 29.3 Å². The van der Waals surface area contributed by atoms with Crippen molar-refractivity contribution in [2.75, 3.05) is 51.5 Å². The molecule has 0 spiro atoms. The summed E-state index contributed by atoms with van der Waals surface area (Å²) in [6.07, 6.45) is 3.40. The Morgan fingerprint density at radius 3 is 2.77 bits per heavy atom. The van der Waals surface area contributed by atoms with Crippen molar-refractivity contribution in [3.8, 4) is 11.5 Å². The number of fused-ring (bicyclic) bond motifs is 1. The Bertz CT molecular complexity index is 1260. The summed E-state index contributed by atoms with van der Waals surface area (Å²) in [7, 11) is 3.55. The van der Waals surface area contributed by atoms with Gasteiger partial charge in [0.15, 0.2) is 11.5 Å². The molecule has 4 rings (SSSR count). The number of morpholine rings is 1. The van der Waals surface area contributed by atoms with E-state index < -0.39 is 5.91 Å². The minimum Gasteiger partial charge on any atom is -0.491 e. The number of carbonyl (C=O) groups is 1. The predicted octanol–water partition coefficient (Wildman–Crippen LogP) is 1.15. The van der Waals surface area contributed by atoms with Crippen molar-refractivity contribution in [2.45, 2.75) is 26.0 Å². The van der Waals surface area contributed by atoms with Crippen molar-refractivity contribution in [2.24, 2.45) is 0 Å². The number of anilines is 2. The number of amides is 1. The van der Waals surface area contributed by atoms with Crippen LogP contribution in [-0.4, -0.2) is 76.9 Å². The first kappa shape index (κ1) is 24.4. The number of rotatable bonds is 8. The van der Waals surface area contributed by atoms with E-state index in [9.17, 15) is 9.59 Å². The molecule has 12 nitrogen and oxygen atoms in total. The van der Waals surface area contributed by atoms with Crippen molar-refractivity contribution in [1.29, 1.82) is 0 Å². The summed E-state index contributed by atoms with van der Waals surface area (Å²) < 4.78 is 18.7. The van der Waals surface area contributed by atoms with Gasteiger partial charge in [0.1, 0.15) is 5.52 Å². The second kappa shape index (κ2) is 10.7. The lowest BCUT2D eigenvalue weighted by atomic mass is 10.2. The van der Waals surface area contributed by atoms with Gasteiger partial charge in [-0.1, -0.05) is 0 Å². The van der Waals surface area contributed by atoms with E-state index in [1.807, 2.05) is 0 Å². The molecule has 2 aromatic heterocycles. The summed E-state index contributed by atoms with van der Waals surface area (Å²) in [5.41, 5.74) is 5.64. The second-order valence-electron chi connectivity index (χ2n) is 8.15. The number of nitrogens with two attached hydrogens (primary N) is 1. The minimum atomic E-state index is -0.526. The van der Waals surface area contributed by atoms with Crippen LogP contribution in [0.4, 0.5) is 11.9 Å². The number of aromatic nitrogens is 4. The van der Waals surface area contributed by atoms with Crippen LogP contribution in [0.2, 0.25) is 0 Å². The van der Waals surface area contributed by atoms with Gasteiger partial charge in [-0.25, -0.2) is 15.0 Å². The van der Waals surface area contributed by atoms with Crippen LogP contribution in [0, 0.1) is 0 Å². The van der Waals surface area contributed by atoms with Gasteiger partial charge in [-0.3, -0.25) is 19.5 Å². The number of carbonyl (C=O) groups excluding carboxylic acids is 1. The summed E-state index contributed by atoms with van der Waals surface area (Å²) in [5, 5.41) is 3.01. The average Bonchev–Trinajstić information content (AvgIpc) is 2.84. The molecule has 0 saturated carbocycles. The Morgan fingerprint density at radius 2 is 2.09 bits per heavy atom. The number of benzene rings is 1. The van der Waals surface area contributed by atoms with Gasteiger partial charge in [-0.05, 0) is 26.1 Å². The zero-order valence-corrected chi connectivity index (χ0v) is 20.0. The third kappa shape index (κ3) is 5.33. The van der Waals surface area contributed by atoms with Gasteiger partial charge in [-0.15, -0.1) is 0 Å². The van der Waals surface area contributed by atoms with E-state index in [0.717, 1.165) is 13.1 Å². The van der Waals surface area contributed by atoms with Crippen LogP contribution in [0.1, 0.15) is 23.7 Å². The highest BCUT2D eigenvalue weighted by molar-refractivity contribution is 6.03. The van der Waals surface area contributed by atoms with Gasteiger partial charge in [0.25, 0.3) is 11.5 Å². The van der Waals surface area contributed by atoms with Crippen molar-refractivity contribution in [3.63, 3.8) is 0 Å². The van der Waals surface area contributed by atoms with Gasteiger partial charge in [-0.2, -0.15) is 0 Å². The lowest BCUT2D eigenvalue weighted by Gasteiger charge is -2.30. The van der Waals surface area contributed by atoms with Gasteiger partial charge < -0.3 is 24.8 Å². The molecule has 3 heterocycles. The minimum absolute atomic E-state index is 0.0511. The molecule has 1 aliphatic rings. The maximum atomic E-state index is 13.2. The fraction of sp³-hybridized carbons (Fsp3) is 0.435. The molecule has 0 aliphatic carbocycles. The van der Waals surface area contributed by atoms with E-state index in [4.69, 9.17) is 19.9 Å². The summed E-state index contributed by atoms with van der Waals surface area (Å²) in [6, 6.07) is 3.35. The monoisotopic (exact) mass is 483 g/mol. The topological polar surface area (TPSA) is 147 Å². The Hall–Kier alpha value is -3.77. The van der Waals surface area contributed by atoms with Crippen LogP contribution >= 0.6 is 0 Å². The van der Waals surface area contributed by atoms with E-state index in [0.29, 0.717) is 43.1 Å². The number of nitrogens with one attached hydrogen (secondary N) is 1. The molecule has 3 aromatic rings. The highest BCUT2D eigenvalue weighted by Crippen LogP contribution is 2.34. The molecule has 0 radical (unpaired) electrons. The molecule has 1 saturated heterocycles. The van der Waals surface area contributed by atoms with Crippen molar-refractivity contribution < 1.29 is 19.0 Å². The molecule has 1 atom stereocenters. The molecule has 12 heteroatoms. The Labute approximate surface area is 202 Å². The molecule has 3 N–H and O–H groups in total. The highest BCUT2D eigenvalue weighted by atomic mass is 16.5. The van der Waals surface area contributed by atoms with Crippen LogP contribution in [0.5, 0.6) is 11.5 Å². The standard InChI is InChI=1S/C23H29N7O5/c1-4-30-21(32)16-5-6-17(35-9-7-15-13-29(2)8-10-34-15)19(33-3)18(16)27-23(30)28-20(31)14-11-25-22(24)26-12-14/h5-6,11-12,15H,4,7-10,13H2,1-3H3,(H2,24,25,26)(H,27,28,31). The first-order valence-electron chi connectivity index (χ1n) is 11.3. The van der Waals surface area contributed by atoms with Gasteiger partial charge in [0.2, 0.25) is 11.9 Å². The number of ether oxygens (including phenoxy) is 3. The number of hydrogen-bond acceptors (Lipinski definition) is 10. The van der Waals surface area contributed by atoms with Crippen LogP contribution < -0.4 is 26.1 Å². The lowest BCUT2D eigenvalue weighted by Crippen LogP contribution is -2.40. The number of likely N-dealkylation sites (N-methyl/N-ethyl adjacent to an activating group) is 1. The molecule has 186 valence electrons. The summed E-state index contributed by atoms with van der Waals surface area (Å²) in [4.78, 5) is 40.3. The zero-order valence-electron chi connectivity index (χ0n) is 20.0. The van der Waals surface area contributed by atoms with Crippen LogP contribution in [0.25, 0.3) is 10.9 Å². The number of nitrogens with zero attached hydrogens (tertiary/aromatic N) is 5. The molecule has 1 aliphatic heterocycles. The fourth-order valence-electron chi connectivity index (χ4n) is 3.91. The summed E-state index contributed by atoms with van der Waals surface area (Å²) >= 11 is 0. The zero-order chi connectivity index (χ0) is 24.9. The summed E-state index contributed by atoms with van der Waals surface area (Å²) in [5.74, 6) is 0.365. The quantitative estimate of drug-likeness (QED) is 0.478. The average molecular weight is 484 g/mol. The molecule has 35 heavy (non-hydrogen) atoms. The van der Waals surface area contributed by atoms with Gasteiger partial charge in [0, 0.05) is 38.4 Å². The van der Waals surface area contributed by atoms with Crippen LogP contribution in [0.3, 0.4) is 0 Å². The Morgan fingerprint density at radius 1 is 1.31 bits per heavy atom. The molecule has 1 aromatic carbocycles. The summed E-state index contributed by atoms with van der Waals surface area (Å²) in [6.45, 7) is 4.96. The van der Waals surface area contributed by atoms with Crippen LogP contribution in [-0.2, 0) is 11.3 Å². The lowest BCUT2D eigenvalue weighted by molar-refractivity contribution is -0.0284. The number of nitrogen functional groups attached to an aromatic ring is 1. The van der Waals surface area contributed by atoms with E-state index in [1.54, 1.807) is 19.1 Å². The maximum absolute atomic E-state index is 13.2. The largest absolute Gasteiger partial charge is 0.491 e. The van der Waals surface area contributed by atoms with E-state index >= 15 is 0 Å². The number of methoxy groups -OCH3 is 1. The van der Waals surface area contributed by atoms with E-state index in [2.05, 4.69) is 32.2 Å². The van der Waals surface area contributed by atoms with Gasteiger partial charge >= 0.3 is 0 Å². The normalized spacial score (nSPS) is 16.3. The second-order valence-corrected chi connectivity index (χ2v) is 8.15. The fourth-order valence-corrected chi connectivity index (χ4v) is 3.91. The first-order chi connectivity index (χ1) is 16.9. The van der Waals surface area contributed by atoms with E-state index in [1.165, 1.54) is 24.1 Å². The van der Waals surface area contributed by atoms with Crippen molar-refractivity contribution >= 4 is 28.7 Å². The van der Waals surface area contributed by atoms with Gasteiger partial charge in [0.05, 0.1) is 37.4 Å². The third-order valence-electron chi connectivity index (χ3n) is 5.76. The Kier molecular flexibility index (Phi) is 7.42. The SMILES string of the molecule is CCn1c(NC(=O)c2cnc(N)nc2)nc2c(OC)c(OCCC3CN(C)CCO3)ccc2c1=O. The highest BCUT2D eigenvalue weighted by Gasteiger charge is 2.21. The van der Waals surface area contributed by atoms with Crippen molar-refractivity contribution in [3.05, 3.63) is 40.4 Å². The smallest absolute Gasteiger partial charge is 0.262 e. The van der Waals surface area contributed by atoms with E-state index in [-0.39, 0.29) is 34.6 Å². The van der Waals surface area contributed by atoms with Crippen molar-refractivity contribution in [1.82, 2.24) is 24.4 Å². The molecule has 0 bridgehead atoms. The molecular formula is C23H29N7O5. The molecule has 1 unspecified atom stereocenters. The third-order valence-corrected chi connectivity index (χ3v) is 5.76. The first-order valence-corrected chi connectivity index (χ1v) is 11.3. The number of hydrogen-bond donors (Lipinski definition) is 2. The molecule has 1 amide bonds.